The molecule has 1 N–H and O–H groups in total. The molecule has 2 heterocycles. The van der Waals surface area contributed by atoms with E-state index in [-0.39, 0.29) is 5.75 Å². The maximum atomic E-state index is 9.24. The molecule has 0 aliphatic rings. The van der Waals surface area contributed by atoms with Crippen LogP contribution in [0.5, 0.6) is 5.75 Å². The first kappa shape index (κ1) is 9.78. The first-order chi connectivity index (χ1) is 8.33. The molecule has 3 heteroatoms. The van der Waals surface area contributed by atoms with Crippen molar-refractivity contribution in [3.63, 3.8) is 0 Å². The lowest BCUT2D eigenvalue weighted by atomic mass is 10.1. The average Bonchev–Trinajstić information content (AvgIpc) is 2.39. The van der Waals surface area contributed by atoms with Gasteiger partial charge in [-0.05, 0) is 42.5 Å². The second-order valence-corrected chi connectivity index (χ2v) is 3.81. The van der Waals surface area contributed by atoms with Gasteiger partial charge in [0, 0.05) is 23.3 Å². The Balaban J connectivity index is 2.14. The van der Waals surface area contributed by atoms with Crippen LogP contribution >= 0.6 is 0 Å². The molecule has 0 radical (unpaired) electrons. The van der Waals surface area contributed by atoms with E-state index < -0.39 is 0 Å². The highest BCUT2D eigenvalue weighted by Gasteiger charge is 2.01. The number of hydrogen-bond acceptors (Lipinski definition) is 3. The lowest BCUT2D eigenvalue weighted by Gasteiger charge is -2.02. The molecule has 2 aromatic heterocycles. The zero-order chi connectivity index (χ0) is 11.7. The molecule has 17 heavy (non-hydrogen) atoms. The second kappa shape index (κ2) is 3.87. The van der Waals surface area contributed by atoms with Gasteiger partial charge in [-0.15, -0.1) is 0 Å². The highest BCUT2D eigenvalue weighted by atomic mass is 16.3. The van der Waals surface area contributed by atoms with Crippen LogP contribution in [0.15, 0.2) is 54.9 Å². The molecule has 0 aliphatic carbocycles. The molecule has 0 fully saturated rings. The first-order valence-corrected chi connectivity index (χ1v) is 5.33. The van der Waals surface area contributed by atoms with Gasteiger partial charge in [0.1, 0.15) is 5.75 Å². The number of aromatic hydroxyl groups is 1. The van der Waals surface area contributed by atoms with Crippen LogP contribution in [-0.4, -0.2) is 15.1 Å². The van der Waals surface area contributed by atoms with E-state index in [0.29, 0.717) is 0 Å². The number of phenolic OH excluding ortho intramolecular Hbond substituents is 1. The minimum absolute atomic E-state index is 0.257. The van der Waals surface area contributed by atoms with Crippen LogP contribution in [-0.2, 0) is 0 Å². The molecule has 0 bridgehead atoms. The minimum Gasteiger partial charge on any atom is -0.508 e. The molecular weight excluding hydrogens is 212 g/mol. The zero-order valence-electron chi connectivity index (χ0n) is 9.04. The molecule has 82 valence electrons. The number of nitrogens with zero attached hydrogens (tertiary/aromatic N) is 2. The number of rotatable bonds is 1. The molecule has 1 aromatic carbocycles. The summed E-state index contributed by atoms with van der Waals surface area (Å²) in [5, 5.41) is 10.3. The number of pyridine rings is 2. The highest BCUT2D eigenvalue weighted by molar-refractivity contribution is 5.81. The van der Waals surface area contributed by atoms with E-state index >= 15 is 0 Å². The fraction of sp³-hybridized carbons (Fsp3) is 0. The number of aromatic nitrogens is 2. The summed E-state index contributed by atoms with van der Waals surface area (Å²) in [6.07, 6.45) is 3.58. The molecule has 3 rings (SSSR count). The van der Waals surface area contributed by atoms with Crippen molar-refractivity contribution in [2.45, 2.75) is 0 Å². The summed E-state index contributed by atoms with van der Waals surface area (Å²) in [5.41, 5.74) is 2.75. The summed E-state index contributed by atoms with van der Waals surface area (Å²) in [6.45, 7) is 0. The topological polar surface area (TPSA) is 46.0 Å². The standard InChI is InChI=1S/C14H10N2O/c17-12-5-3-10(4-6-12)13-8-14-11(9-16-13)2-1-7-15-14/h1-9,17H. The van der Waals surface area contributed by atoms with Crippen LogP contribution in [0.3, 0.4) is 0 Å². The average molecular weight is 222 g/mol. The van der Waals surface area contributed by atoms with Gasteiger partial charge in [-0.3, -0.25) is 9.97 Å². The van der Waals surface area contributed by atoms with Crippen molar-refractivity contribution in [1.82, 2.24) is 9.97 Å². The van der Waals surface area contributed by atoms with Crippen molar-refractivity contribution in [2.75, 3.05) is 0 Å². The van der Waals surface area contributed by atoms with Crippen molar-refractivity contribution in [1.29, 1.82) is 0 Å². The number of hydrogen-bond donors (Lipinski definition) is 1. The third kappa shape index (κ3) is 1.83. The quantitative estimate of drug-likeness (QED) is 0.688. The van der Waals surface area contributed by atoms with Gasteiger partial charge in [0.2, 0.25) is 0 Å². The maximum Gasteiger partial charge on any atom is 0.115 e. The van der Waals surface area contributed by atoms with E-state index in [1.165, 1.54) is 0 Å². The van der Waals surface area contributed by atoms with E-state index in [4.69, 9.17) is 0 Å². The van der Waals surface area contributed by atoms with Crippen molar-refractivity contribution in [3.8, 4) is 17.0 Å². The van der Waals surface area contributed by atoms with Gasteiger partial charge < -0.3 is 5.11 Å². The summed E-state index contributed by atoms with van der Waals surface area (Å²) in [4.78, 5) is 8.68. The van der Waals surface area contributed by atoms with Gasteiger partial charge in [-0.1, -0.05) is 0 Å². The molecule has 0 saturated heterocycles. The zero-order valence-corrected chi connectivity index (χ0v) is 9.04. The van der Waals surface area contributed by atoms with Gasteiger partial charge in [-0.25, -0.2) is 0 Å². The SMILES string of the molecule is Oc1ccc(-c2cc3ncccc3cn2)cc1. The monoisotopic (exact) mass is 222 g/mol. The Morgan fingerprint density at radius 1 is 0.941 bits per heavy atom. The molecule has 3 nitrogen and oxygen atoms in total. The predicted octanol–water partition coefficient (Wildman–Crippen LogP) is 3.00. The molecule has 0 aliphatic heterocycles. The molecule has 0 atom stereocenters. The maximum absolute atomic E-state index is 9.24. The van der Waals surface area contributed by atoms with Gasteiger partial charge in [-0.2, -0.15) is 0 Å². The van der Waals surface area contributed by atoms with Crippen molar-refractivity contribution < 1.29 is 5.11 Å². The van der Waals surface area contributed by atoms with Crippen molar-refractivity contribution in [2.24, 2.45) is 0 Å². The lowest BCUT2D eigenvalue weighted by molar-refractivity contribution is 0.475. The predicted molar refractivity (Wildman–Crippen MR) is 66.6 cm³/mol. The summed E-state index contributed by atoms with van der Waals surface area (Å²) < 4.78 is 0. The smallest absolute Gasteiger partial charge is 0.115 e. The van der Waals surface area contributed by atoms with Crippen LogP contribution in [0, 0.1) is 0 Å². The highest BCUT2D eigenvalue weighted by Crippen LogP contribution is 2.22. The van der Waals surface area contributed by atoms with Gasteiger partial charge in [0.05, 0.1) is 11.2 Å². The van der Waals surface area contributed by atoms with Crippen LogP contribution in [0.2, 0.25) is 0 Å². The third-order valence-electron chi connectivity index (χ3n) is 2.65. The fourth-order valence-corrected chi connectivity index (χ4v) is 1.76. The Morgan fingerprint density at radius 2 is 1.76 bits per heavy atom. The fourth-order valence-electron chi connectivity index (χ4n) is 1.76. The Kier molecular flexibility index (Phi) is 2.22. The van der Waals surface area contributed by atoms with Crippen molar-refractivity contribution >= 4 is 10.9 Å². The summed E-state index contributed by atoms with van der Waals surface area (Å²) >= 11 is 0. The molecule has 0 unspecified atom stereocenters. The number of fused-ring (bicyclic) bond motifs is 1. The molecule has 0 amide bonds. The van der Waals surface area contributed by atoms with Crippen LogP contribution in [0.1, 0.15) is 0 Å². The Hall–Kier alpha value is -2.42. The second-order valence-electron chi connectivity index (χ2n) is 3.81. The van der Waals surface area contributed by atoms with E-state index in [1.807, 2.05) is 36.5 Å². The summed E-state index contributed by atoms with van der Waals surface area (Å²) in [6, 6.07) is 12.8. The minimum atomic E-state index is 0.257. The van der Waals surface area contributed by atoms with E-state index in [0.717, 1.165) is 22.2 Å². The molecule has 0 saturated carbocycles. The third-order valence-corrected chi connectivity index (χ3v) is 2.65. The summed E-state index contributed by atoms with van der Waals surface area (Å²) in [7, 11) is 0. The van der Waals surface area contributed by atoms with E-state index in [2.05, 4.69) is 9.97 Å². The Bertz CT molecular complexity index is 662. The van der Waals surface area contributed by atoms with Crippen LogP contribution in [0.25, 0.3) is 22.2 Å². The number of phenols is 1. The summed E-state index contributed by atoms with van der Waals surface area (Å²) in [5.74, 6) is 0.257. The van der Waals surface area contributed by atoms with Crippen molar-refractivity contribution in [3.05, 3.63) is 54.9 Å². The van der Waals surface area contributed by atoms with Gasteiger partial charge >= 0.3 is 0 Å². The molecule has 3 aromatic rings. The normalized spacial score (nSPS) is 10.6. The van der Waals surface area contributed by atoms with E-state index in [9.17, 15) is 5.11 Å². The van der Waals surface area contributed by atoms with Gasteiger partial charge in [0.15, 0.2) is 0 Å². The molecular formula is C14H10N2O. The lowest BCUT2D eigenvalue weighted by Crippen LogP contribution is -1.85. The van der Waals surface area contributed by atoms with E-state index in [1.54, 1.807) is 18.3 Å². The Morgan fingerprint density at radius 3 is 2.59 bits per heavy atom. The Labute approximate surface area is 98.4 Å². The van der Waals surface area contributed by atoms with Crippen LogP contribution in [0.4, 0.5) is 0 Å². The largest absolute Gasteiger partial charge is 0.508 e. The first-order valence-electron chi connectivity index (χ1n) is 5.33. The van der Waals surface area contributed by atoms with Gasteiger partial charge in [0.25, 0.3) is 0 Å². The molecule has 0 spiro atoms. The number of benzene rings is 1. The van der Waals surface area contributed by atoms with Crippen LogP contribution < -0.4 is 0 Å².